The third-order valence-electron chi connectivity index (χ3n) is 1.92. The number of anilines is 1. The molecule has 0 aliphatic rings. The van der Waals surface area contributed by atoms with Crippen LogP contribution in [0, 0.1) is 0 Å². The van der Waals surface area contributed by atoms with Crippen LogP contribution in [0.5, 0.6) is 0 Å². The summed E-state index contributed by atoms with van der Waals surface area (Å²) >= 11 is 3.55. The van der Waals surface area contributed by atoms with Crippen LogP contribution in [0.4, 0.5) is 5.69 Å². The highest BCUT2D eigenvalue weighted by atomic mass is 79.9. The Morgan fingerprint density at radius 2 is 2.14 bits per heavy atom. The first kappa shape index (κ1) is 11.5. The molecule has 1 unspecified atom stereocenters. The molecule has 0 spiro atoms. The fourth-order valence-electron chi connectivity index (χ4n) is 1.23. The summed E-state index contributed by atoms with van der Waals surface area (Å²) in [5.41, 5.74) is 1.17. The van der Waals surface area contributed by atoms with Crippen molar-refractivity contribution in [2.45, 2.75) is 4.83 Å². The topological polar surface area (TPSA) is 25.4 Å². The molecule has 1 heterocycles. The summed E-state index contributed by atoms with van der Waals surface area (Å²) in [4.78, 5) is 6.50. The van der Waals surface area contributed by atoms with Crippen molar-refractivity contribution in [3.8, 4) is 0 Å². The Kier molecular flexibility index (Phi) is 4.90. The van der Waals surface area contributed by atoms with Gasteiger partial charge >= 0.3 is 0 Å². The molecule has 1 aromatic heterocycles. The molecule has 0 saturated heterocycles. The molecule has 1 rings (SSSR count). The zero-order valence-electron chi connectivity index (χ0n) is 8.48. The second kappa shape index (κ2) is 5.98. The molecule has 0 fully saturated rings. The van der Waals surface area contributed by atoms with Crippen molar-refractivity contribution < 1.29 is 4.74 Å². The van der Waals surface area contributed by atoms with Gasteiger partial charge in [0.25, 0.3) is 0 Å². The summed E-state index contributed by atoms with van der Waals surface area (Å²) in [5, 5.41) is 0. The molecule has 78 valence electrons. The summed E-state index contributed by atoms with van der Waals surface area (Å²) < 4.78 is 5.05. The lowest BCUT2D eigenvalue weighted by molar-refractivity contribution is 0.202. The lowest BCUT2D eigenvalue weighted by atomic mass is 10.3. The molecule has 3 nitrogen and oxygen atoms in total. The predicted molar refractivity (Wildman–Crippen MR) is 62.1 cm³/mol. The highest BCUT2D eigenvalue weighted by Gasteiger charge is 2.07. The predicted octanol–water partition coefficient (Wildman–Crippen LogP) is 1.93. The van der Waals surface area contributed by atoms with Gasteiger partial charge in [-0.1, -0.05) is 15.9 Å². The van der Waals surface area contributed by atoms with Crippen LogP contribution in [0.2, 0.25) is 0 Å². The molecule has 1 atom stereocenters. The van der Waals surface area contributed by atoms with Crippen molar-refractivity contribution >= 4 is 21.6 Å². The maximum Gasteiger partial charge on any atom is 0.0604 e. The van der Waals surface area contributed by atoms with Gasteiger partial charge in [-0.3, -0.25) is 4.98 Å². The molecular weight excluding hydrogens is 244 g/mol. The number of hydrogen-bond acceptors (Lipinski definition) is 3. The van der Waals surface area contributed by atoms with Crippen molar-refractivity contribution in [2.75, 3.05) is 32.2 Å². The molecule has 4 heteroatoms. The van der Waals surface area contributed by atoms with E-state index in [4.69, 9.17) is 4.74 Å². The molecule has 0 N–H and O–H groups in total. The standard InChI is InChI=1S/C10H15BrN2O/c1-13(7-9(11)8-14-2)10-3-5-12-6-4-10/h3-6,9H,7-8H2,1-2H3. The van der Waals surface area contributed by atoms with Gasteiger partial charge in [0, 0.05) is 38.8 Å². The van der Waals surface area contributed by atoms with E-state index >= 15 is 0 Å². The number of halogens is 1. The van der Waals surface area contributed by atoms with Crippen LogP contribution in [0.15, 0.2) is 24.5 Å². The Hall–Kier alpha value is -0.610. The van der Waals surface area contributed by atoms with Gasteiger partial charge in [-0.25, -0.2) is 0 Å². The van der Waals surface area contributed by atoms with Gasteiger partial charge in [-0.2, -0.15) is 0 Å². The van der Waals surface area contributed by atoms with Gasteiger partial charge in [-0.05, 0) is 12.1 Å². The highest BCUT2D eigenvalue weighted by Crippen LogP contribution is 2.12. The second-order valence-corrected chi connectivity index (χ2v) is 4.43. The number of alkyl halides is 1. The van der Waals surface area contributed by atoms with E-state index in [1.165, 1.54) is 5.69 Å². The number of hydrogen-bond donors (Lipinski definition) is 0. The Balaban J connectivity index is 2.46. The van der Waals surface area contributed by atoms with E-state index in [-0.39, 0.29) is 0 Å². The molecule has 0 aliphatic heterocycles. The summed E-state index contributed by atoms with van der Waals surface area (Å²) in [6.07, 6.45) is 3.59. The average molecular weight is 259 g/mol. The van der Waals surface area contributed by atoms with E-state index in [1.807, 2.05) is 12.1 Å². The van der Waals surface area contributed by atoms with Crippen LogP contribution >= 0.6 is 15.9 Å². The zero-order chi connectivity index (χ0) is 10.4. The van der Waals surface area contributed by atoms with E-state index in [2.05, 4.69) is 32.9 Å². The summed E-state index contributed by atoms with van der Waals surface area (Å²) in [6, 6.07) is 3.99. The lowest BCUT2D eigenvalue weighted by Gasteiger charge is -2.21. The molecule has 0 amide bonds. The highest BCUT2D eigenvalue weighted by molar-refractivity contribution is 9.09. The fraction of sp³-hybridized carbons (Fsp3) is 0.500. The molecule has 14 heavy (non-hydrogen) atoms. The van der Waals surface area contributed by atoms with Gasteiger partial charge in [0.05, 0.1) is 11.4 Å². The van der Waals surface area contributed by atoms with Crippen LogP contribution in [0.25, 0.3) is 0 Å². The zero-order valence-corrected chi connectivity index (χ0v) is 10.1. The minimum atomic E-state index is 0.352. The number of ether oxygens (including phenoxy) is 1. The van der Waals surface area contributed by atoms with Crippen LogP contribution < -0.4 is 4.90 Å². The van der Waals surface area contributed by atoms with Crippen molar-refractivity contribution in [3.05, 3.63) is 24.5 Å². The summed E-state index contributed by atoms with van der Waals surface area (Å²) in [5.74, 6) is 0. The summed E-state index contributed by atoms with van der Waals surface area (Å²) in [6.45, 7) is 1.63. The Morgan fingerprint density at radius 3 is 2.71 bits per heavy atom. The van der Waals surface area contributed by atoms with Crippen molar-refractivity contribution in [1.82, 2.24) is 4.98 Å². The van der Waals surface area contributed by atoms with Gasteiger partial charge in [-0.15, -0.1) is 0 Å². The first-order chi connectivity index (χ1) is 6.74. The quantitative estimate of drug-likeness (QED) is 0.755. The molecule has 0 radical (unpaired) electrons. The smallest absolute Gasteiger partial charge is 0.0604 e. The minimum absolute atomic E-state index is 0.352. The van der Waals surface area contributed by atoms with E-state index in [9.17, 15) is 0 Å². The van der Waals surface area contributed by atoms with Crippen molar-refractivity contribution in [1.29, 1.82) is 0 Å². The molecule has 0 aromatic carbocycles. The first-order valence-electron chi connectivity index (χ1n) is 4.48. The number of nitrogens with zero attached hydrogens (tertiary/aromatic N) is 2. The number of aromatic nitrogens is 1. The monoisotopic (exact) mass is 258 g/mol. The maximum atomic E-state index is 5.05. The minimum Gasteiger partial charge on any atom is -0.383 e. The largest absolute Gasteiger partial charge is 0.383 e. The average Bonchev–Trinajstić information content (AvgIpc) is 2.19. The van der Waals surface area contributed by atoms with Crippen LogP contribution in [-0.4, -0.2) is 37.1 Å². The van der Waals surface area contributed by atoms with Gasteiger partial charge in [0.1, 0.15) is 0 Å². The number of methoxy groups -OCH3 is 1. The van der Waals surface area contributed by atoms with Gasteiger partial charge in [0.15, 0.2) is 0 Å². The van der Waals surface area contributed by atoms with Gasteiger partial charge < -0.3 is 9.64 Å². The SMILES string of the molecule is COCC(Br)CN(C)c1ccncc1. The Labute approximate surface area is 93.2 Å². The molecule has 1 aromatic rings. The lowest BCUT2D eigenvalue weighted by Crippen LogP contribution is -2.28. The Bertz CT molecular complexity index is 256. The molecular formula is C10H15BrN2O. The van der Waals surface area contributed by atoms with E-state index in [0.29, 0.717) is 4.83 Å². The molecule has 0 saturated carbocycles. The normalized spacial score (nSPS) is 12.5. The maximum absolute atomic E-state index is 5.05. The molecule has 0 bridgehead atoms. The number of pyridine rings is 1. The number of rotatable bonds is 5. The van der Waals surface area contributed by atoms with Crippen molar-refractivity contribution in [2.24, 2.45) is 0 Å². The van der Waals surface area contributed by atoms with E-state index in [0.717, 1.165) is 13.2 Å². The fourth-order valence-corrected chi connectivity index (χ4v) is 1.93. The van der Waals surface area contributed by atoms with Crippen LogP contribution in [-0.2, 0) is 4.74 Å². The van der Waals surface area contributed by atoms with Crippen molar-refractivity contribution in [3.63, 3.8) is 0 Å². The first-order valence-corrected chi connectivity index (χ1v) is 5.39. The summed E-state index contributed by atoms with van der Waals surface area (Å²) in [7, 11) is 3.76. The second-order valence-electron chi connectivity index (χ2n) is 3.14. The van der Waals surface area contributed by atoms with Crippen LogP contribution in [0.3, 0.4) is 0 Å². The van der Waals surface area contributed by atoms with Gasteiger partial charge in [0.2, 0.25) is 0 Å². The van der Waals surface area contributed by atoms with E-state index < -0.39 is 0 Å². The Morgan fingerprint density at radius 1 is 1.50 bits per heavy atom. The van der Waals surface area contributed by atoms with E-state index in [1.54, 1.807) is 19.5 Å². The molecule has 0 aliphatic carbocycles. The third kappa shape index (κ3) is 3.64. The van der Waals surface area contributed by atoms with Crippen LogP contribution in [0.1, 0.15) is 0 Å². The third-order valence-corrected chi connectivity index (χ3v) is 2.48.